The quantitative estimate of drug-likeness (QED) is 0.891. The van der Waals surface area contributed by atoms with Crippen LogP contribution in [0.15, 0.2) is 10.6 Å². The Balaban J connectivity index is 1.95. The fourth-order valence-corrected chi connectivity index (χ4v) is 2.65. The Bertz CT molecular complexity index is 562. The Morgan fingerprint density at radius 2 is 1.83 bits per heavy atom. The van der Waals surface area contributed by atoms with E-state index in [4.69, 9.17) is 9.26 Å². The molecule has 0 bridgehead atoms. The molecule has 0 aromatic carbocycles. The summed E-state index contributed by atoms with van der Waals surface area (Å²) in [5.41, 5.74) is -0.292. The van der Waals surface area contributed by atoms with Gasteiger partial charge in [-0.2, -0.15) is 0 Å². The largest absolute Gasteiger partial charge is 0.444 e. The number of carbonyl (C=O) groups excluding carboxylic acids is 2. The molecular formula is C16H25N3O4. The number of nitrogens with zero attached hydrogens (tertiary/aromatic N) is 1. The first-order valence-corrected chi connectivity index (χ1v) is 7.98. The summed E-state index contributed by atoms with van der Waals surface area (Å²) in [6.45, 7) is 7.19. The summed E-state index contributed by atoms with van der Waals surface area (Å²) < 4.78 is 10.2. The van der Waals surface area contributed by atoms with E-state index >= 15 is 0 Å². The van der Waals surface area contributed by atoms with Crippen LogP contribution in [0.3, 0.4) is 0 Å². The fourth-order valence-electron chi connectivity index (χ4n) is 2.65. The van der Waals surface area contributed by atoms with Crippen LogP contribution in [0.2, 0.25) is 0 Å². The van der Waals surface area contributed by atoms with Gasteiger partial charge in [0.1, 0.15) is 11.4 Å². The maximum atomic E-state index is 12.2. The maximum Gasteiger partial charge on any atom is 0.407 e. The van der Waals surface area contributed by atoms with E-state index in [1.807, 2.05) is 20.8 Å². The number of rotatable bonds is 3. The zero-order chi connectivity index (χ0) is 17.0. The van der Waals surface area contributed by atoms with E-state index in [1.165, 1.54) is 0 Å². The summed E-state index contributed by atoms with van der Waals surface area (Å²) in [4.78, 5) is 24.2. The first kappa shape index (κ1) is 17.3. The van der Waals surface area contributed by atoms with Gasteiger partial charge in [-0.15, -0.1) is 0 Å². The van der Waals surface area contributed by atoms with Crippen molar-refractivity contribution in [2.75, 3.05) is 0 Å². The molecule has 2 amide bonds. The van der Waals surface area contributed by atoms with Crippen LogP contribution in [0.4, 0.5) is 4.79 Å². The third-order valence-electron chi connectivity index (χ3n) is 3.65. The zero-order valence-corrected chi connectivity index (χ0v) is 14.1. The number of aryl methyl sites for hydroxylation is 1. The average Bonchev–Trinajstić information content (AvgIpc) is 2.85. The molecule has 2 N–H and O–H groups in total. The molecule has 1 saturated carbocycles. The molecule has 1 heterocycles. The highest BCUT2D eigenvalue weighted by molar-refractivity contribution is 5.92. The fraction of sp³-hybridized carbons (Fsp3) is 0.688. The molecule has 1 aliphatic carbocycles. The topological polar surface area (TPSA) is 93.5 Å². The molecule has 2 unspecified atom stereocenters. The monoisotopic (exact) mass is 323 g/mol. The standard InChI is InChI=1S/C16H25N3O4/c1-10-9-13(19-23-10)14(20)17-11-7-5-6-8-12(11)18-15(21)22-16(2,3)4/h9,11-12H,5-8H2,1-4H3,(H,17,20)(H,18,21). The summed E-state index contributed by atoms with van der Waals surface area (Å²) in [5.74, 6) is 0.298. The van der Waals surface area contributed by atoms with Crippen LogP contribution in [0, 0.1) is 6.92 Å². The molecule has 2 atom stereocenters. The van der Waals surface area contributed by atoms with Crippen molar-refractivity contribution in [2.24, 2.45) is 0 Å². The van der Waals surface area contributed by atoms with E-state index in [9.17, 15) is 9.59 Å². The molecule has 0 radical (unpaired) electrons. The minimum Gasteiger partial charge on any atom is -0.444 e. The average molecular weight is 323 g/mol. The van der Waals surface area contributed by atoms with E-state index in [0.29, 0.717) is 5.76 Å². The van der Waals surface area contributed by atoms with Gasteiger partial charge in [0.25, 0.3) is 5.91 Å². The highest BCUT2D eigenvalue weighted by Gasteiger charge is 2.30. The Morgan fingerprint density at radius 3 is 2.35 bits per heavy atom. The molecule has 2 rings (SSSR count). The van der Waals surface area contributed by atoms with E-state index in [0.717, 1.165) is 25.7 Å². The minimum absolute atomic E-state index is 0.138. The second kappa shape index (κ2) is 7.02. The number of hydrogen-bond donors (Lipinski definition) is 2. The molecule has 0 spiro atoms. The van der Waals surface area contributed by atoms with Gasteiger partial charge in [-0.05, 0) is 40.5 Å². The highest BCUT2D eigenvalue weighted by atomic mass is 16.6. The molecule has 128 valence electrons. The summed E-state index contributed by atoms with van der Waals surface area (Å²) in [7, 11) is 0. The minimum atomic E-state index is -0.546. The molecule has 1 aromatic heterocycles. The van der Waals surface area contributed by atoms with Gasteiger partial charge in [0.05, 0.1) is 6.04 Å². The summed E-state index contributed by atoms with van der Waals surface area (Å²) in [5, 5.41) is 9.52. The molecule has 7 nitrogen and oxygen atoms in total. The Hall–Kier alpha value is -2.05. The van der Waals surface area contributed by atoms with Gasteiger partial charge in [-0.1, -0.05) is 18.0 Å². The van der Waals surface area contributed by atoms with Crippen molar-refractivity contribution in [3.05, 3.63) is 17.5 Å². The van der Waals surface area contributed by atoms with Crippen molar-refractivity contribution < 1.29 is 18.8 Å². The molecule has 0 aliphatic heterocycles. The lowest BCUT2D eigenvalue weighted by Gasteiger charge is -2.33. The normalized spacial score (nSPS) is 21.6. The summed E-state index contributed by atoms with van der Waals surface area (Å²) in [6.07, 6.45) is 3.18. The van der Waals surface area contributed by atoms with Crippen molar-refractivity contribution in [1.29, 1.82) is 0 Å². The first-order chi connectivity index (χ1) is 10.7. The molecule has 7 heteroatoms. The predicted molar refractivity (Wildman–Crippen MR) is 84.1 cm³/mol. The molecule has 1 fully saturated rings. The lowest BCUT2D eigenvalue weighted by atomic mass is 9.90. The number of nitrogens with one attached hydrogen (secondary N) is 2. The van der Waals surface area contributed by atoms with Gasteiger partial charge in [0, 0.05) is 12.1 Å². The lowest BCUT2D eigenvalue weighted by molar-refractivity contribution is 0.0474. The Kier molecular flexibility index (Phi) is 5.28. The number of aromatic nitrogens is 1. The number of carbonyl (C=O) groups is 2. The number of hydrogen-bond acceptors (Lipinski definition) is 5. The molecular weight excluding hydrogens is 298 g/mol. The molecule has 1 aliphatic rings. The molecule has 23 heavy (non-hydrogen) atoms. The van der Waals surface area contributed by atoms with Gasteiger partial charge >= 0.3 is 6.09 Å². The van der Waals surface area contributed by atoms with Gasteiger partial charge in [-0.25, -0.2) is 4.79 Å². The highest BCUT2D eigenvalue weighted by Crippen LogP contribution is 2.20. The van der Waals surface area contributed by atoms with Crippen LogP contribution in [0.1, 0.15) is 62.7 Å². The predicted octanol–water partition coefficient (Wildman–Crippen LogP) is 2.55. The van der Waals surface area contributed by atoms with Crippen LogP contribution >= 0.6 is 0 Å². The van der Waals surface area contributed by atoms with Crippen molar-refractivity contribution in [3.63, 3.8) is 0 Å². The van der Waals surface area contributed by atoms with Crippen LogP contribution in [0.5, 0.6) is 0 Å². The summed E-state index contributed by atoms with van der Waals surface area (Å²) in [6, 6.07) is 1.31. The van der Waals surface area contributed by atoms with E-state index < -0.39 is 11.7 Å². The number of alkyl carbamates (subject to hydrolysis) is 1. The van der Waals surface area contributed by atoms with Crippen molar-refractivity contribution in [1.82, 2.24) is 15.8 Å². The van der Waals surface area contributed by atoms with Crippen LogP contribution in [-0.4, -0.2) is 34.8 Å². The van der Waals surface area contributed by atoms with Crippen LogP contribution in [0.25, 0.3) is 0 Å². The second-order valence-corrected chi connectivity index (χ2v) is 6.94. The van der Waals surface area contributed by atoms with Gasteiger partial charge in [0.2, 0.25) is 0 Å². The van der Waals surface area contributed by atoms with E-state index in [-0.39, 0.29) is 23.7 Å². The van der Waals surface area contributed by atoms with E-state index in [1.54, 1.807) is 13.0 Å². The Labute approximate surface area is 136 Å². The lowest BCUT2D eigenvalue weighted by Crippen LogP contribution is -2.54. The smallest absolute Gasteiger partial charge is 0.407 e. The van der Waals surface area contributed by atoms with E-state index in [2.05, 4.69) is 15.8 Å². The second-order valence-electron chi connectivity index (χ2n) is 6.94. The van der Waals surface area contributed by atoms with Crippen molar-refractivity contribution in [3.8, 4) is 0 Å². The van der Waals surface area contributed by atoms with Crippen molar-refractivity contribution in [2.45, 2.75) is 71.1 Å². The van der Waals surface area contributed by atoms with Crippen LogP contribution in [-0.2, 0) is 4.74 Å². The first-order valence-electron chi connectivity index (χ1n) is 7.98. The van der Waals surface area contributed by atoms with Crippen LogP contribution < -0.4 is 10.6 Å². The zero-order valence-electron chi connectivity index (χ0n) is 14.1. The third-order valence-corrected chi connectivity index (χ3v) is 3.65. The van der Waals surface area contributed by atoms with Gasteiger partial charge in [-0.3, -0.25) is 4.79 Å². The van der Waals surface area contributed by atoms with Crippen molar-refractivity contribution >= 4 is 12.0 Å². The summed E-state index contributed by atoms with van der Waals surface area (Å²) >= 11 is 0. The molecule has 0 saturated heterocycles. The third kappa shape index (κ3) is 5.26. The number of ether oxygens (including phenoxy) is 1. The SMILES string of the molecule is Cc1cc(C(=O)NC2CCCCC2NC(=O)OC(C)(C)C)no1. The molecule has 1 aromatic rings. The maximum absolute atomic E-state index is 12.2. The Morgan fingerprint density at radius 1 is 1.22 bits per heavy atom. The van der Waals surface area contributed by atoms with Gasteiger partial charge < -0.3 is 19.9 Å². The van der Waals surface area contributed by atoms with Gasteiger partial charge in [0.15, 0.2) is 5.69 Å². The number of amides is 2.